The number of methoxy groups -OCH3 is 1. The van der Waals surface area contributed by atoms with Crippen molar-refractivity contribution < 1.29 is 14.6 Å². The summed E-state index contributed by atoms with van der Waals surface area (Å²) in [5, 5.41) is 9.39. The monoisotopic (exact) mass is 250 g/mol. The Hall–Kier alpha value is -0.850. The van der Waals surface area contributed by atoms with Gasteiger partial charge >= 0.3 is 5.97 Å². The summed E-state index contributed by atoms with van der Waals surface area (Å²) in [6.45, 7) is 1.19. The molecule has 0 atom stereocenters. The zero-order chi connectivity index (χ0) is 11.4. The molecule has 84 valence electrons. The van der Waals surface area contributed by atoms with Gasteiger partial charge in [-0.1, -0.05) is 22.9 Å². The molecule has 1 aromatic heterocycles. The van der Waals surface area contributed by atoms with E-state index in [4.69, 9.17) is 21.4 Å². The molecule has 0 aromatic carbocycles. The van der Waals surface area contributed by atoms with Crippen molar-refractivity contribution in [3.8, 4) is 0 Å². The molecule has 0 saturated heterocycles. The van der Waals surface area contributed by atoms with Gasteiger partial charge in [0.2, 0.25) is 0 Å². The van der Waals surface area contributed by atoms with Gasteiger partial charge in [-0.15, -0.1) is 0 Å². The summed E-state index contributed by atoms with van der Waals surface area (Å²) in [6, 6.07) is 0. The summed E-state index contributed by atoms with van der Waals surface area (Å²) < 4.78 is 4.90. The number of aromatic carboxylic acids is 1. The lowest BCUT2D eigenvalue weighted by atomic mass is 10.6. The number of likely N-dealkylation sites (N-methyl/N-ethyl adjacent to an activating group) is 1. The quantitative estimate of drug-likeness (QED) is 0.860. The molecule has 0 unspecified atom stereocenters. The van der Waals surface area contributed by atoms with Gasteiger partial charge in [0.15, 0.2) is 15.2 Å². The standard InChI is InChI=1S/C8H11ClN2O3S/c1-11(3-4-14-2)8-10-6(9)5(15-8)7(12)13/h3-4H2,1-2H3,(H,12,13). The molecule has 0 radical (unpaired) electrons. The number of hydrogen-bond donors (Lipinski definition) is 1. The molecule has 1 N–H and O–H groups in total. The highest BCUT2D eigenvalue weighted by Gasteiger charge is 2.17. The Bertz CT molecular complexity index is 356. The first-order valence-electron chi connectivity index (χ1n) is 4.16. The predicted octanol–water partition coefficient (Wildman–Crippen LogP) is 1.58. The highest BCUT2D eigenvalue weighted by molar-refractivity contribution is 7.18. The van der Waals surface area contributed by atoms with E-state index in [9.17, 15) is 4.79 Å². The highest BCUT2D eigenvalue weighted by atomic mass is 35.5. The maximum atomic E-state index is 10.7. The number of aromatic nitrogens is 1. The van der Waals surface area contributed by atoms with Gasteiger partial charge in [-0.05, 0) is 0 Å². The lowest BCUT2D eigenvalue weighted by Crippen LogP contribution is -2.21. The van der Waals surface area contributed by atoms with Crippen LogP contribution in [-0.2, 0) is 4.74 Å². The van der Waals surface area contributed by atoms with Crippen LogP contribution in [0.4, 0.5) is 5.13 Å². The second-order valence-electron chi connectivity index (χ2n) is 2.84. The van der Waals surface area contributed by atoms with Crippen molar-refractivity contribution in [1.29, 1.82) is 0 Å². The maximum absolute atomic E-state index is 10.7. The number of carbonyl (C=O) groups is 1. The summed E-state index contributed by atoms with van der Waals surface area (Å²) >= 11 is 6.73. The van der Waals surface area contributed by atoms with Gasteiger partial charge in [0, 0.05) is 20.7 Å². The van der Waals surface area contributed by atoms with Crippen LogP contribution in [0.15, 0.2) is 0 Å². The van der Waals surface area contributed by atoms with Crippen molar-refractivity contribution in [2.45, 2.75) is 0 Å². The van der Waals surface area contributed by atoms with Crippen molar-refractivity contribution >= 4 is 34.0 Å². The molecule has 1 heterocycles. The minimum absolute atomic E-state index is 0.0340. The minimum atomic E-state index is -1.05. The van der Waals surface area contributed by atoms with Gasteiger partial charge in [0.25, 0.3) is 0 Å². The Morgan fingerprint density at radius 1 is 1.73 bits per heavy atom. The van der Waals surface area contributed by atoms with Crippen LogP contribution in [0, 0.1) is 0 Å². The molecule has 5 nitrogen and oxygen atoms in total. The summed E-state index contributed by atoms with van der Waals surface area (Å²) in [5.41, 5.74) is 0. The van der Waals surface area contributed by atoms with E-state index < -0.39 is 5.97 Å². The fourth-order valence-corrected chi connectivity index (χ4v) is 2.02. The van der Waals surface area contributed by atoms with Crippen molar-refractivity contribution in [2.75, 3.05) is 32.2 Å². The van der Waals surface area contributed by atoms with Gasteiger partial charge in [-0.3, -0.25) is 0 Å². The number of ether oxygens (including phenoxy) is 1. The van der Waals surface area contributed by atoms with E-state index in [1.807, 2.05) is 0 Å². The van der Waals surface area contributed by atoms with Crippen LogP contribution in [0.3, 0.4) is 0 Å². The summed E-state index contributed by atoms with van der Waals surface area (Å²) in [4.78, 5) is 16.5. The van der Waals surface area contributed by atoms with Gasteiger partial charge in [-0.2, -0.15) is 0 Å². The SMILES string of the molecule is COCCN(C)c1nc(Cl)c(C(=O)O)s1. The zero-order valence-electron chi connectivity index (χ0n) is 8.36. The topological polar surface area (TPSA) is 62.7 Å². The fraction of sp³-hybridized carbons (Fsp3) is 0.500. The van der Waals surface area contributed by atoms with Crippen LogP contribution in [0.5, 0.6) is 0 Å². The van der Waals surface area contributed by atoms with E-state index in [0.29, 0.717) is 18.3 Å². The normalized spacial score (nSPS) is 10.3. The van der Waals surface area contributed by atoms with Crippen molar-refractivity contribution in [3.05, 3.63) is 10.0 Å². The van der Waals surface area contributed by atoms with Crippen LogP contribution in [0.2, 0.25) is 5.15 Å². The second-order valence-corrected chi connectivity index (χ2v) is 4.17. The van der Waals surface area contributed by atoms with E-state index in [1.54, 1.807) is 19.1 Å². The summed E-state index contributed by atoms with van der Waals surface area (Å²) in [7, 11) is 3.41. The number of anilines is 1. The number of thiazole rings is 1. The molecule has 0 aliphatic heterocycles. The van der Waals surface area contributed by atoms with Crippen LogP contribution < -0.4 is 4.90 Å². The zero-order valence-corrected chi connectivity index (χ0v) is 9.93. The number of carboxylic acids is 1. The van der Waals surface area contributed by atoms with E-state index in [1.165, 1.54) is 0 Å². The Balaban J connectivity index is 2.78. The molecule has 0 amide bonds. The first-order chi connectivity index (χ1) is 7.06. The fourth-order valence-electron chi connectivity index (χ4n) is 0.910. The molecule has 15 heavy (non-hydrogen) atoms. The van der Waals surface area contributed by atoms with Gasteiger partial charge in [-0.25, -0.2) is 9.78 Å². The molecule has 1 aromatic rings. The van der Waals surface area contributed by atoms with Gasteiger partial charge in [0.1, 0.15) is 0 Å². The Kier molecular flexibility index (Phi) is 4.31. The third kappa shape index (κ3) is 3.05. The Morgan fingerprint density at radius 3 is 2.87 bits per heavy atom. The predicted molar refractivity (Wildman–Crippen MR) is 59.2 cm³/mol. The Labute approximate surface area is 96.2 Å². The Morgan fingerprint density at radius 2 is 2.40 bits per heavy atom. The number of carboxylic acid groups (broad SMARTS) is 1. The van der Waals surface area contributed by atoms with Crippen LogP contribution in [-0.4, -0.2) is 43.4 Å². The van der Waals surface area contributed by atoms with Gasteiger partial charge < -0.3 is 14.7 Å². The third-order valence-electron chi connectivity index (χ3n) is 1.73. The highest BCUT2D eigenvalue weighted by Crippen LogP contribution is 2.28. The number of rotatable bonds is 5. The summed E-state index contributed by atoms with van der Waals surface area (Å²) in [6.07, 6.45) is 0. The molecule has 0 bridgehead atoms. The molecule has 0 aliphatic carbocycles. The minimum Gasteiger partial charge on any atom is -0.477 e. The number of nitrogens with zero attached hydrogens (tertiary/aromatic N) is 2. The van der Waals surface area contributed by atoms with Crippen LogP contribution in [0.25, 0.3) is 0 Å². The largest absolute Gasteiger partial charge is 0.477 e. The smallest absolute Gasteiger partial charge is 0.349 e. The average molecular weight is 251 g/mol. The molecular formula is C8H11ClN2O3S. The van der Waals surface area contributed by atoms with Crippen molar-refractivity contribution in [1.82, 2.24) is 4.98 Å². The van der Waals surface area contributed by atoms with E-state index in [0.717, 1.165) is 11.3 Å². The number of halogens is 1. The lowest BCUT2D eigenvalue weighted by Gasteiger charge is -2.14. The molecule has 0 saturated carbocycles. The molecule has 0 aliphatic rings. The van der Waals surface area contributed by atoms with E-state index >= 15 is 0 Å². The second kappa shape index (κ2) is 5.29. The van der Waals surface area contributed by atoms with Crippen LogP contribution >= 0.6 is 22.9 Å². The first-order valence-corrected chi connectivity index (χ1v) is 5.35. The lowest BCUT2D eigenvalue weighted by molar-refractivity contribution is 0.0702. The molecule has 1 rings (SSSR count). The molecule has 0 spiro atoms. The maximum Gasteiger partial charge on any atom is 0.349 e. The summed E-state index contributed by atoms with van der Waals surface area (Å²) in [5.74, 6) is -1.05. The third-order valence-corrected chi connectivity index (χ3v) is 3.27. The first kappa shape index (κ1) is 12.2. The van der Waals surface area contributed by atoms with Crippen LogP contribution in [0.1, 0.15) is 9.67 Å². The van der Waals surface area contributed by atoms with Gasteiger partial charge in [0.05, 0.1) is 6.61 Å². The molecular weight excluding hydrogens is 240 g/mol. The van der Waals surface area contributed by atoms with E-state index in [-0.39, 0.29) is 10.0 Å². The molecule has 7 heteroatoms. The average Bonchev–Trinajstić information content (AvgIpc) is 2.56. The van der Waals surface area contributed by atoms with E-state index in [2.05, 4.69) is 4.98 Å². The molecule has 0 fully saturated rings. The van der Waals surface area contributed by atoms with Crippen molar-refractivity contribution in [3.63, 3.8) is 0 Å². The van der Waals surface area contributed by atoms with Crippen molar-refractivity contribution in [2.24, 2.45) is 0 Å². The number of hydrogen-bond acceptors (Lipinski definition) is 5.